The lowest BCUT2D eigenvalue weighted by molar-refractivity contribution is -0.384. The van der Waals surface area contributed by atoms with Crippen LogP contribution in [-0.2, 0) is 4.74 Å². The Bertz CT molecular complexity index is 1060. The number of hydrogen-bond acceptors (Lipinski definition) is 7. The third kappa shape index (κ3) is 3.38. The van der Waals surface area contributed by atoms with Gasteiger partial charge >= 0.3 is 6.09 Å². The van der Waals surface area contributed by atoms with Crippen molar-refractivity contribution in [2.75, 3.05) is 13.4 Å². The number of rotatable bonds is 3. The van der Waals surface area contributed by atoms with Gasteiger partial charge in [-0.2, -0.15) is 10.1 Å². The Labute approximate surface area is 165 Å². The molecule has 0 unspecified atom stereocenters. The van der Waals surface area contributed by atoms with E-state index in [2.05, 4.69) is 5.10 Å². The fourth-order valence-electron chi connectivity index (χ4n) is 3.12. The van der Waals surface area contributed by atoms with Crippen molar-refractivity contribution in [2.24, 2.45) is 5.10 Å². The number of fused-ring (bicyclic) bond motifs is 2. The van der Waals surface area contributed by atoms with Crippen molar-refractivity contribution in [3.05, 3.63) is 68.9 Å². The van der Waals surface area contributed by atoms with E-state index < -0.39 is 11.0 Å². The number of nitrogens with zero attached hydrogens (tertiary/aromatic N) is 3. The van der Waals surface area contributed by atoms with Crippen molar-refractivity contribution in [1.29, 1.82) is 0 Å². The maximum Gasteiger partial charge on any atom is 0.434 e. The number of non-ortho nitro benzene ring substituents is 1. The molecule has 0 saturated heterocycles. The molecule has 2 heterocycles. The molecule has 4 rings (SSSR count). The molecule has 0 radical (unpaired) electrons. The zero-order valence-corrected chi connectivity index (χ0v) is 15.7. The van der Waals surface area contributed by atoms with E-state index in [1.807, 2.05) is 6.07 Å². The zero-order valence-electron chi connectivity index (χ0n) is 15.7. The molecule has 29 heavy (non-hydrogen) atoms. The summed E-state index contributed by atoms with van der Waals surface area (Å²) < 4.78 is 16.1. The van der Waals surface area contributed by atoms with Gasteiger partial charge in [0.05, 0.1) is 17.2 Å². The van der Waals surface area contributed by atoms with Crippen LogP contribution in [0.15, 0.2) is 47.2 Å². The Hall–Kier alpha value is -3.88. The average Bonchev–Trinajstić information content (AvgIpc) is 3.10. The summed E-state index contributed by atoms with van der Waals surface area (Å²) >= 11 is 0. The highest BCUT2D eigenvalue weighted by Gasteiger charge is 2.26. The van der Waals surface area contributed by atoms with Gasteiger partial charge in [-0.1, -0.05) is 0 Å². The quantitative estimate of drug-likeness (QED) is 0.577. The summed E-state index contributed by atoms with van der Waals surface area (Å²) in [6.45, 7) is 3.78. The van der Waals surface area contributed by atoms with Gasteiger partial charge < -0.3 is 14.2 Å². The minimum Gasteiger partial charge on any atom is -0.454 e. The van der Waals surface area contributed by atoms with Crippen LogP contribution in [0.3, 0.4) is 0 Å². The maximum absolute atomic E-state index is 12.5. The fraction of sp³-hybridized carbons (Fsp3) is 0.200. The van der Waals surface area contributed by atoms with E-state index in [0.717, 1.165) is 5.56 Å². The van der Waals surface area contributed by atoms with E-state index in [-0.39, 0.29) is 19.1 Å². The van der Waals surface area contributed by atoms with Gasteiger partial charge in [-0.25, -0.2) is 4.79 Å². The monoisotopic (exact) mass is 395 g/mol. The van der Waals surface area contributed by atoms with Crippen LogP contribution in [0.5, 0.6) is 11.5 Å². The van der Waals surface area contributed by atoms with E-state index >= 15 is 0 Å². The number of hydrogen-bond donors (Lipinski definition) is 0. The summed E-state index contributed by atoms with van der Waals surface area (Å²) in [5, 5.41) is 16.7. The standard InChI is InChI=1S/C20H17N3O6/c1-3-27-20(24)22-12(2)8-14-9-17-18(29-11-28-17)10-16(14)19(21-22)13-4-6-15(7-5-13)23(25)26/h4-10H,3,11H2,1-2H3. The second-order valence-corrected chi connectivity index (χ2v) is 6.34. The fourth-order valence-corrected chi connectivity index (χ4v) is 3.12. The number of benzene rings is 2. The first-order chi connectivity index (χ1) is 14.0. The maximum atomic E-state index is 12.5. The van der Waals surface area contributed by atoms with Crippen LogP contribution in [0.1, 0.15) is 30.5 Å². The lowest BCUT2D eigenvalue weighted by Gasteiger charge is -2.17. The lowest BCUT2D eigenvalue weighted by Crippen LogP contribution is -2.26. The predicted molar refractivity (Wildman–Crippen MR) is 104 cm³/mol. The van der Waals surface area contributed by atoms with Crippen molar-refractivity contribution in [2.45, 2.75) is 13.8 Å². The summed E-state index contributed by atoms with van der Waals surface area (Å²) in [6, 6.07) is 9.58. The van der Waals surface area contributed by atoms with Gasteiger partial charge in [0.1, 0.15) is 0 Å². The molecular weight excluding hydrogens is 378 g/mol. The average molecular weight is 395 g/mol. The largest absolute Gasteiger partial charge is 0.454 e. The topological polar surface area (TPSA) is 104 Å². The van der Waals surface area contributed by atoms with E-state index in [1.165, 1.54) is 17.1 Å². The van der Waals surface area contributed by atoms with Gasteiger partial charge in [-0.3, -0.25) is 10.1 Å². The zero-order chi connectivity index (χ0) is 20.5. The molecule has 0 atom stereocenters. The van der Waals surface area contributed by atoms with Crippen LogP contribution in [0.2, 0.25) is 0 Å². The molecule has 0 fully saturated rings. The second kappa shape index (κ2) is 7.27. The van der Waals surface area contributed by atoms with Gasteiger partial charge in [0, 0.05) is 29.0 Å². The summed E-state index contributed by atoms with van der Waals surface area (Å²) in [7, 11) is 0. The SMILES string of the molecule is CCOC(=O)N1N=C(c2ccc([N+](=O)[O-])cc2)c2cc3c(cc2C=C1C)OCO3. The highest BCUT2D eigenvalue weighted by molar-refractivity contribution is 6.16. The van der Waals surface area contributed by atoms with Crippen LogP contribution in [-0.4, -0.2) is 35.1 Å². The van der Waals surface area contributed by atoms with Crippen LogP contribution < -0.4 is 9.47 Å². The molecule has 9 nitrogen and oxygen atoms in total. The number of nitro groups is 1. The number of hydrazone groups is 1. The Morgan fingerprint density at radius 1 is 1.24 bits per heavy atom. The predicted octanol–water partition coefficient (Wildman–Crippen LogP) is 3.91. The number of carbonyl (C=O) groups excluding carboxylic acids is 1. The number of amides is 1. The summed E-state index contributed by atoms with van der Waals surface area (Å²) in [5.41, 5.74) is 3.05. The molecule has 9 heteroatoms. The number of allylic oxidation sites excluding steroid dienone is 1. The van der Waals surface area contributed by atoms with Crippen LogP contribution in [0.4, 0.5) is 10.5 Å². The minimum absolute atomic E-state index is 0.0366. The molecule has 0 saturated carbocycles. The van der Waals surface area contributed by atoms with Crippen LogP contribution >= 0.6 is 0 Å². The Kier molecular flexibility index (Phi) is 4.63. The Balaban J connectivity index is 1.89. The number of carbonyl (C=O) groups is 1. The minimum atomic E-state index is -0.617. The Morgan fingerprint density at radius 3 is 2.59 bits per heavy atom. The van der Waals surface area contributed by atoms with Crippen molar-refractivity contribution in [3.8, 4) is 11.5 Å². The van der Waals surface area contributed by atoms with Crippen molar-refractivity contribution >= 4 is 23.6 Å². The molecule has 0 N–H and O–H groups in total. The molecule has 148 valence electrons. The number of nitro benzene ring substituents is 1. The molecule has 1 amide bonds. The molecular formula is C20H17N3O6. The van der Waals surface area contributed by atoms with E-state index in [9.17, 15) is 14.9 Å². The molecule has 2 aliphatic rings. The third-order valence-corrected chi connectivity index (χ3v) is 4.49. The highest BCUT2D eigenvalue weighted by atomic mass is 16.7. The first-order valence-electron chi connectivity index (χ1n) is 8.90. The third-order valence-electron chi connectivity index (χ3n) is 4.49. The van der Waals surface area contributed by atoms with E-state index in [4.69, 9.17) is 14.2 Å². The summed E-state index contributed by atoms with van der Waals surface area (Å²) in [6.07, 6.45) is 1.18. The van der Waals surface area contributed by atoms with Gasteiger partial charge in [0.25, 0.3) is 5.69 Å². The van der Waals surface area contributed by atoms with Gasteiger partial charge in [0.2, 0.25) is 6.79 Å². The van der Waals surface area contributed by atoms with Crippen molar-refractivity contribution in [1.82, 2.24) is 5.01 Å². The molecule has 0 aliphatic carbocycles. The summed E-state index contributed by atoms with van der Waals surface area (Å²) in [4.78, 5) is 23.0. The Morgan fingerprint density at radius 2 is 1.93 bits per heavy atom. The van der Waals surface area contributed by atoms with Gasteiger partial charge in [0.15, 0.2) is 11.5 Å². The molecule has 0 spiro atoms. The lowest BCUT2D eigenvalue weighted by atomic mass is 9.96. The van der Waals surface area contributed by atoms with Crippen LogP contribution in [0, 0.1) is 10.1 Å². The molecule has 0 aromatic heterocycles. The second-order valence-electron chi connectivity index (χ2n) is 6.34. The smallest absolute Gasteiger partial charge is 0.434 e. The molecule has 2 aromatic carbocycles. The first kappa shape index (κ1) is 18.5. The van der Waals surface area contributed by atoms with Crippen molar-refractivity contribution < 1.29 is 23.9 Å². The van der Waals surface area contributed by atoms with E-state index in [0.29, 0.717) is 34.0 Å². The van der Waals surface area contributed by atoms with Gasteiger partial charge in [-0.15, -0.1) is 0 Å². The first-order valence-corrected chi connectivity index (χ1v) is 8.90. The van der Waals surface area contributed by atoms with Gasteiger partial charge in [-0.05, 0) is 49.8 Å². The normalized spacial score (nSPS) is 14.5. The highest BCUT2D eigenvalue weighted by Crippen LogP contribution is 2.38. The molecule has 0 bridgehead atoms. The molecule has 2 aromatic rings. The number of ether oxygens (including phenoxy) is 3. The molecule has 2 aliphatic heterocycles. The van der Waals surface area contributed by atoms with Crippen LogP contribution in [0.25, 0.3) is 6.08 Å². The van der Waals surface area contributed by atoms with E-state index in [1.54, 1.807) is 38.1 Å². The summed E-state index contributed by atoms with van der Waals surface area (Å²) in [5.74, 6) is 1.16. The van der Waals surface area contributed by atoms with Crippen molar-refractivity contribution in [3.63, 3.8) is 0 Å².